The molecule has 0 amide bonds. The molecule has 0 unspecified atom stereocenters. The van der Waals surface area contributed by atoms with Crippen LogP contribution in [-0.4, -0.2) is 30.2 Å². The van der Waals surface area contributed by atoms with Gasteiger partial charge in [0.15, 0.2) is 5.82 Å². The van der Waals surface area contributed by atoms with E-state index in [2.05, 4.69) is 20.0 Å². The number of hydrogen-bond donors (Lipinski definition) is 2. The first-order valence-electron chi connectivity index (χ1n) is 7.98. The van der Waals surface area contributed by atoms with Crippen LogP contribution in [0.1, 0.15) is 10.4 Å². The second-order valence-corrected chi connectivity index (χ2v) is 5.41. The molecule has 0 bridgehead atoms. The van der Waals surface area contributed by atoms with E-state index < -0.39 is 5.97 Å². The van der Waals surface area contributed by atoms with Crippen molar-refractivity contribution in [3.8, 4) is 17.4 Å². The van der Waals surface area contributed by atoms with Gasteiger partial charge in [-0.2, -0.15) is 4.98 Å². The second-order valence-electron chi connectivity index (χ2n) is 5.41. The number of nitrogens with zero attached hydrogens (tertiary/aromatic N) is 2. The van der Waals surface area contributed by atoms with Gasteiger partial charge in [-0.25, -0.2) is 9.78 Å². The number of methoxy groups -OCH3 is 2. The topological polar surface area (TPSA) is 109 Å². The van der Waals surface area contributed by atoms with Crippen LogP contribution in [0.15, 0.2) is 54.9 Å². The number of nitrogen functional groups attached to an aromatic ring is 1. The molecule has 0 fully saturated rings. The number of aromatic nitrogens is 2. The van der Waals surface area contributed by atoms with Crippen molar-refractivity contribution in [3.05, 3.63) is 60.4 Å². The van der Waals surface area contributed by atoms with Crippen molar-refractivity contribution >= 4 is 23.2 Å². The highest BCUT2D eigenvalue weighted by Crippen LogP contribution is 2.31. The maximum atomic E-state index is 11.5. The first-order valence-corrected chi connectivity index (χ1v) is 7.98. The first kappa shape index (κ1) is 18.0. The van der Waals surface area contributed by atoms with Crippen LogP contribution in [0.25, 0.3) is 0 Å². The normalized spacial score (nSPS) is 10.1. The molecule has 0 saturated heterocycles. The van der Waals surface area contributed by atoms with Crippen LogP contribution in [0, 0.1) is 0 Å². The number of rotatable bonds is 6. The third-order valence-corrected chi connectivity index (χ3v) is 3.69. The molecule has 1 aromatic heterocycles. The number of ether oxygens (including phenoxy) is 3. The van der Waals surface area contributed by atoms with Crippen LogP contribution >= 0.6 is 0 Å². The van der Waals surface area contributed by atoms with Crippen molar-refractivity contribution in [2.75, 3.05) is 25.3 Å². The lowest BCUT2D eigenvalue weighted by molar-refractivity contribution is 0.0600. The summed E-state index contributed by atoms with van der Waals surface area (Å²) in [7, 11) is 2.93. The van der Waals surface area contributed by atoms with Gasteiger partial charge in [-0.15, -0.1) is 0 Å². The highest BCUT2D eigenvalue weighted by Gasteiger charge is 2.12. The van der Waals surface area contributed by atoms with Crippen molar-refractivity contribution in [1.29, 1.82) is 0 Å². The summed E-state index contributed by atoms with van der Waals surface area (Å²) in [6.45, 7) is 0. The number of esters is 1. The van der Waals surface area contributed by atoms with Crippen LogP contribution in [0.2, 0.25) is 0 Å². The molecule has 2 aromatic carbocycles. The quantitative estimate of drug-likeness (QED) is 0.639. The van der Waals surface area contributed by atoms with Crippen molar-refractivity contribution in [2.45, 2.75) is 0 Å². The number of nitrogens with two attached hydrogens (primary N) is 1. The molecule has 0 atom stereocenters. The van der Waals surface area contributed by atoms with E-state index in [-0.39, 0.29) is 11.6 Å². The fraction of sp³-hybridized carbons (Fsp3) is 0.105. The van der Waals surface area contributed by atoms with Crippen molar-refractivity contribution in [1.82, 2.24) is 9.97 Å². The van der Waals surface area contributed by atoms with Gasteiger partial charge in [0, 0.05) is 5.69 Å². The molecule has 3 aromatic rings. The highest BCUT2D eigenvalue weighted by atomic mass is 16.5. The number of carbonyl (C=O) groups is 1. The molecule has 8 heteroatoms. The smallest absolute Gasteiger partial charge is 0.337 e. The number of nitrogens with one attached hydrogen (secondary N) is 1. The summed E-state index contributed by atoms with van der Waals surface area (Å²) in [6, 6.07) is 13.8. The Labute approximate surface area is 155 Å². The Bertz CT molecular complexity index is 927. The monoisotopic (exact) mass is 366 g/mol. The lowest BCUT2D eigenvalue weighted by Gasteiger charge is -2.12. The van der Waals surface area contributed by atoms with E-state index in [1.165, 1.54) is 13.4 Å². The minimum absolute atomic E-state index is 0.201. The zero-order valence-electron chi connectivity index (χ0n) is 14.8. The first-order chi connectivity index (χ1) is 13.1. The Kier molecular flexibility index (Phi) is 5.36. The molecule has 3 rings (SSSR count). The van der Waals surface area contributed by atoms with Crippen LogP contribution in [0.4, 0.5) is 17.2 Å². The summed E-state index contributed by atoms with van der Waals surface area (Å²) in [6.07, 6.45) is 1.35. The molecule has 0 spiro atoms. The van der Waals surface area contributed by atoms with E-state index >= 15 is 0 Å². The lowest BCUT2D eigenvalue weighted by atomic mass is 10.2. The minimum atomic E-state index is -0.422. The van der Waals surface area contributed by atoms with Gasteiger partial charge < -0.3 is 25.3 Å². The van der Waals surface area contributed by atoms with Gasteiger partial charge >= 0.3 is 5.97 Å². The summed E-state index contributed by atoms with van der Waals surface area (Å²) in [5, 5.41) is 3.11. The molecule has 3 N–H and O–H groups in total. The van der Waals surface area contributed by atoms with E-state index in [9.17, 15) is 4.79 Å². The predicted molar refractivity (Wildman–Crippen MR) is 101 cm³/mol. The molecule has 8 nitrogen and oxygen atoms in total. The van der Waals surface area contributed by atoms with E-state index in [1.54, 1.807) is 31.4 Å². The van der Waals surface area contributed by atoms with E-state index in [4.69, 9.17) is 15.2 Å². The summed E-state index contributed by atoms with van der Waals surface area (Å²) < 4.78 is 15.5. The second kappa shape index (κ2) is 8.05. The minimum Gasteiger partial charge on any atom is -0.497 e. The summed E-state index contributed by atoms with van der Waals surface area (Å²) >= 11 is 0. The Morgan fingerprint density at radius 1 is 0.963 bits per heavy atom. The van der Waals surface area contributed by atoms with Crippen LogP contribution in [-0.2, 0) is 4.74 Å². The predicted octanol–water partition coefficient (Wildman–Crippen LogP) is 3.39. The Balaban J connectivity index is 1.77. The Morgan fingerprint density at radius 2 is 1.63 bits per heavy atom. The van der Waals surface area contributed by atoms with E-state index in [0.29, 0.717) is 17.1 Å². The molecule has 1 heterocycles. The zero-order valence-corrected chi connectivity index (χ0v) is 14.8. The van der Waals surface area contributed by atoms with Gasteiger partial charge in [0.25, 0.3) is 0 Å². The van der Waals surface area contributed by atoms with Gasteiger partial charge in [0.1, 0.15) is 23.5 Å². The average molecular weight is 366 g/mol. The molecular weight excluding hydrogens is 348 g/mol. The lowest BCUT2D eigenvalue weighted by Crippen LogP contribution is -2.03. The number of benzene rings is 2. The summed E-state index contributed by atoms with van der Waals surface area (Å²) in [4.78, 5) is 19.7. The fourth-order valence-corrected chi connectivity index (χ4v) is 2.26. The molecule has 0 aliphatic rings. The Morgan fingerprint density at radius 3 is 2.26 bits per heavy atom. The van der Waals surface area contributed by atoms with E-state index in [1.807, 2.05) is 24.3 Å². The SMILES string of the molecule is COC(=O)c1ccc(Oc2ncnc(Nc3ccc(OC)cc3)c2N)cc1. The summed E-state index contributed by atoms with van der Waals surface area (Å²) in [5.74, 6) is 1.41. The highest BCUT2D eigenvalue weighted by molar-refractivity contribution is 5.89. The van der Waals surface area contributed by atoms with Crippen LogP contribution in [0.5, 0.6) is 17.4 Å². The van der Waals surface area contributed by atoms with Crippen molar-refractivity contribution < 1.29 is 19.0 Å². The Hall–Kier alpha value is -3.81. The average Bonchev–Trinajstić information content (AvgIpc) is 2.71. The van der Waals surface area contributed by atoms with Crippen molar-refractivity contribution in [3.63, 3.8) is 0 Å². The molecule has 0 aliphatic heterocycles. The third-order valence-electron chi connectivity index (χ3n) is 3.69. The van der Waals surface area contributed by atoms with E-state index in [0.717, 1.165) is 11.4 Å². The largest absolute Gasteiger partial charge is 0.497 e. The zero-order chi connectivity index (χ0) is 19.2. The number of anilines is 3. The molecule has 0 aliphatic carbocycles. The maximum absolute atomic E-state index is 11.5. The molecule has 0 radical (unpaired) electrons. The number of carbonyl (C=O) groups excluding carboxylic acids is 1. The van der Waals surface area contributed by atoms with Crippen molar-refractivity contribution in [2.24, 2.45) is 0 Å². The molecule has 138 valence electrons. The molecular formula is C19H18N4O4. The van der Waals surface area contributed by atoms with Gasteiger partial charge in [-0.1, -0.05) is 0 Å². The third kappa shape index (κ3) is 4.24. The molecule has 27 heavy (non-hydrogen) atoms. The summed E-state index contributed by atoms with van der Waals surface area (Å²) in [5.41, 5.74) is 7.58. The van der Waals surface area contributed by atoms with Gasteiger partial charge in [-0.05, 0) is 48.5 Å². The van der Waals surface area contributed by atoms with Crippen LogP contribution in [0.3, 0.4) is 0 Å². The molecule has 0 saturated carbocycles. The van der Waals surface area contributed by atoms with Crippen LogP contribution < -0.4 is 20.5 Å². The fourth-order valence-electron chi connectivity index (χ4n) is 2.26. The van der Waals surface area contributed by atoms with Gasteiger partial charge in [-0.3, -0.25) is 0 Å². The standard InChI is InChI=1S/C19H18N4O4/c1-25-14-9-5-13(6-10-14)23-17-16(20)18(22-11-21-17)27-15-7-3-12(4-8-15)19(24)26-2/h3-11H,20H2,1-2H3,(H,21,22,23). The van der Waals surface area contributed by atoms with Gasteiger partial charge in [0.2, 0.25) is 5.88 Å². The van der Waals surface area contributed by atoms with Gasteiger partial charge in [0.05, 0.1) is 19.8 Å². The number of hydrogen-bond acceptors (Lipinski definition) is 8. The maximum Gasteiger partial charge on any atom is 0.337 e.